The maximum Gasteiger partial charge on any atom is 0.416 e. The molecule has 0 spiro atoms. The van der Waals surface area contributed by atoms with Crippen molar-refractivity contribution in [2.45, 2.75) is 37.9 Å². The van der Waals surface area contributed by atoms with Crippen LogP contribution >= 0.6 is 0 Å². The normalized spacial score (nSPS) is 19.7. The lowest BCUT2D eigenvalue weighted by Crippen LogP contribution is -2.76. The van der Waals surface area contributed by atoms with Crippen molar-refractivity contribution < 1.29 is 32.7 Å². The van der Waals surface area contributed by atoms with Crippen molar-refractivity contribution in [3.8, 4) is 5.75 Å². The number of fused-ring (bicyclic) bond motifs is 1. The molecule has 4 amide bonds. The van der Waals surface area contributed by atoms with E-state index in [0.717, 1.165) is 6.07 Å². The maximum atomic E-state index is 13.8. The Morgan fingerprint density at radius 1 is 1.10 bits per heavy atom. The summed E-state index contributed by atoms with van der Waals surface area (Å²) in [5.74, 6) is -0.0634. The second-order valence-corrected chi connectivity index (χ2v) is 10.3. The summed E-state index contributed by atoms with van der Waals surface area (Å²) in [7, 11) is 3.32. The van der Waals surface area contributed by atoms with Gasteiger partial charge in [0.25, 0.3) is 0 Å². The van der Waals surface area contributed by atoms with Gasteiger partial charge >= 0.3 is 12.2 Å². The number of alkyl halides is 3. The number of hydrogen-bond acceptors (Lipinski definition) is 6. The Balaban J connectivity index is 1.45. The van der Waals surface area contributed by atoms with E-state index >= 15 is 0 Å². The molecular weight excluding hydrogens is 555 g/mol. The number of imidazole rings is 1. The van der Waals surface area contributed by atoms with E-state index in [1.165, 1.54) is 57.2 Å². The molecule has 0 bridgehead atoms. The number of nitrogens with zero attached hydrogens (tertiary/aromatic N) is 6. The molecule has 5 rings (SSSR count). The number of carbonyl (C=O) groups is 3. The van der Waals surface area contributed by atoms with Crippen LogP contribution < -0.4 is 5.32 Å². The van der Waals surface area contributed by atoms with Gasteiger partial charge in [0.1, 0.15) is 23.8 Å². The van der Waals surface area contributed by atoms with Crippen LogP contribution in [-0.4, -0.2) is 84.7 Å². The van der Waals surface area contributed by atoms with Gasteiger partial charge in [0.05, 0.1) is 25.2 Å². The lowest BCUT2D eigenvalue weighted by Gasteiger charge is -2.54. The Bertz CT molecular complexity index is 1480. The third-order valence-electron chi connectivity index (χ3n) is 7.52. The standard InChI is InChI=1S/C28H30F3N7O4/c1-34-12-11-32-23(34)15-36-16-24-37(22(26(36)41)13-18-7-9-20(39)10-8-18)25(40)17-35(2)38(24)27(42)33-14-19-5-3-4-6-21(19)28(29,30)31/h3-12,22,24,39H,13-17H2,1-2H3,(H,33,42)/t22-,24?/m0/s1. The number of halogens is 3. The zero-order valence-corrected chi connectivity index (χ0v) is 23.0. The number of nitrogens with one attached hydrogen (secondary N) is 1. The molecule has 2 atom stereocenters. The van der Waals surface area contributed by atoms with Gasteiger partial charge in [-0.05, 0) is 29.3 Å². The Kier molecular flexibility index (Phi) is 7.82. The third kappa shape index (κ3) is 5.75. The minimum Gasteiger partial charge on any atom is -0.508 e. The first-order valence-corrected chi connectivity index (χ1v) is 13.2. The number of aryl methyl sites for hydroxylation is 1. The van der Waals surface area contributed by atoms with Gasteiger partial charge in [0.15, 0.2) is 0 Å². The highest BCUT2D eigenvalue weighted by Crippen LogP contribution is 2.32. The molecule has 11 nitrogen and oxygen atoms in total. The average Bonchev–Trinajstić information content (AvgIpc) is 3.34. The summed E-state index contributed by atoms with van der Waals surface area (Å²) < 4.78 is 42.3. The van der Waals surface area contributed by atoms with E-state index in [-0.39, 0.29) is 49.2 Å². The lowest BCUT2D eigenvalue weighted by atomic mass is 9.98. The number of hydrazine groups is 1. The minimum atomic E-state index is -4.59. The number of phenolic OH excluding ortho intramolecular Hbond substituents is 1. The van der Waals surface area contributed by atoms with Crippen molar-refractivity contribution in [3.05, 3.63) is 83.4 Å². The highest BCUT2D eigenvalue weighted by Gasteiger charge is 2.50. The SMILES string of the molecule is CN1CC(=O)N2C(CN(Cc3nccn3C)C(=O)[C@@H]2Cc2ccc(O)cc2)N1C(=O)NCc1ccccc1C(F)(F)F. The molecule has 2 fully saturated rings. The van der Waals surface area contributed by atoms with Crippen LogP contribution in [0.3, 0.4) is 0 Å². The van der Waals surface area contributed by atoms with E-state index in [2.05, 4.69) is 10.3 Å². The van der Waals surface area contributed by atoms with Crippen LogP contribution in [0.25, 0.3) is 0 Å². The molecule has 14 heteroatoms. The zero-order valence-electron chi connectivity index (χ0n) is 23.0. The highest BCUT2D eigenvalue weighted by molar-refractivity contribution is 5.91. The lowest BCUT2D eigenvalue weighted by molar-refractivity contribution is -0.187. The number of hydrogen-bond donors (Lipinski definition) is 2. The monoisotopic (exact) mass is 585 g/mol. The number of piperazine rings is 1. The van der Waals surface area contributed by atoms with Crippen molar-refractivity contribution in [1.29, 1.82) is 0 Å². The second kappa shape index (κ2) is 11.4. The van der Waals surface area contributed by atoms with Crippen LogP contribution in [0.5, 0.6) is 5.75 Å². The summed E-state index contributed by atoms with van der Waals surface area (Å²) in [6, 6.07) is 9.55. The van der Waals surface area contributed by atoms with Gasteiger partial charge in [0, 0.05) is 39.5 Å². The Morgan fingerprint density at radius 2 is 1.81 bits per heavy atom. The predicted octanol–water partition coefficient (Wildman–Crippen LogP) is 2.32. The summed E-state index contributed by atoms with van der Waals surface area (Å²) in [6.07, 6.45) is -2.07. The number of aromatic nitrogens is 2. The Hall–Kier alpha value is -4.59. The number of carbonyl (C=O) groups excluding carboxylic acids is 3. The third-order valence-corrected chi connectivity index (χ3v) is 7.52. The van der Waals surface area contributed by atoms with Crippen molar-refractivity contribution in [3.63, 3.8) is 0 Å². The van der Waals surface area contributed by atoms with Crippen LogP contribution in [-0.2, 0) is 42.3 Å². The summed E-state index contributed by atoms with van der Waals surface area (Å²) in [5, 5.41) is 15.0. The number of rotatable bonds is 6. The van der Waals surface area contributed by atoms with Crippen LogP contribution in [0.4, 0.5) is 18.0 Å². The van der Waals surface area contributed by atoms with Crippen molar-refractivity contribution in [1.82, 2.24) is 34.7 Å². The van der Waals surface area contributed by atoms with Crippen LogP contribution in [0.2, 0.25) is 0 Å². The Morgan fingerprint density at radius 3 is 2.48 bits per heavy atom. The molecule has 0 radical (unpaired) electrons. The van der Waals surface area contributed by atoms with E-state index in [1.54, 1.807) is 36.1 Å². The number of benzene rings is 2. The topological polar surface area (TPSA) is 114 Å². The summed E-state index contributed by atoms with van der Waals surface area (Å²) in [4.78, 5) is 48.0. The molecule has 2 N–H and O–H groups in total. The van der Waals surface area contributed by atoms with Gasteiger partial charge in [-0.25, -0.2) is 19.8 Å². The van der Waals surface area contributed by atoms with Crippen molar-refractivity contribution in [2.75, 3.05) is 20.1 Å². The fourth-order valence-electron chi connectivity index (χ4n) is 5.43. The fraction of sp³-hybridized carbons (Fsp3) is 0.357. The number of urea groups is 1. The van der Waals surface area contributed by atoms with E-state index in [1.807, 2.05) is 0 Å². The zero-order chi connectivity index (χ0) is 30.2. The number of aromatic hydroxyl groups is 1. The molecule has 0 aliphatic carbocycles. The molecule has 0 saturated carbocycles. The molecule has 1 aromatic heterocycles. The molecule has 2 saturated heterocycles. The highest BCUT2D eigenvalue weighted by atomic mass is 19.4. The molecule has 1 unspecified atom stereocenters. The van der Waals surface area contributed by atoms with E-state index < -0.39 is 36.5 Å². The first-order chi connectivity index (χ1) is 19.9. The quantitative estimate of drug-likeness (QED) is 0.459. The molecule has 222 valence electrons. The van der Waals surface area contributed by atoms with Gasteiger partial charge in [-0.15, -0.1) is 0 Å². The first kappa shape index (κ1) is 28.9. The maximum absolute atomic E-state index is 13.8. The Labute approximate surface area is 239 Å². The van der Waals surface area contributed by atoms with Crippen LogP contribution in [0, 0.1) is 0 Å². The molecule has 2 aromatic carbocycles. The average molecular weight is 586 g/mol. The van der Waals surface area contributed by atoms with Gasteiger partial charge in [-0.3, -0.25) is 9.59 Å². The van der Waals surface area contributed by atoms with E-state index in [9.17, 15) is 32.7 Å². The van der Waals surface area contributed by atoms with Crippen molar-refractivity contribution in [2.24, 2.45) is 7.05 Å². The number of phenols is 1. The summed E-state index contributed by atoms with van der Waals surface area (Å²) in [5.41, 5.74) is -0.269. The van der Waals surface area contributed by atoms with Gasteiger partial charge in [0.2, 0.25) is 11.8 Å². The van der Waals surface area contributed by atoms with Crippen LogP contribution in [0.15, 0.2) is 60.9 Å². The predicted molar refractivity (Wildman–Crippen MR) is 143 cm³/mol. The van der Waals surface area contributed by atoms with Gasteiger partial charge in [-0.1, -0.05) is 30.3 Å². The molecule has 2 aliphatic heterocycles. The summed E-state index contributed by atoms with van der Waals surface area (Å²) in [6.45, 7) is -0.542. The fourth-order valence-corrected chi connectivity index (χ4v) is 5.43. The van der Waals surface area contributed by atoms with E-state index in [0.29, 0.717) is 11.4 Å². The van der Waals surface area contributed by atoms with Crippen molar-refractivity contribution >= 4 is 17.8 Å². The van der Waals surface area contributed by atoms with Gasteiger partial charge < -0.3 is 24.8 Å². The number of amides is 4. The molecule has 3 heterocycles. The molecule has 2 aliphatic rings. The molecular formula is C28H30F3N7O4. The first-order valence-electron chi connectivity index (χ1n) is 13.2. The molecule has 42 heavy (non-hydrogen) atoms. The number of likely N-dealkylation sites (N-methyl/N-ethyl adjacent to an activating group) is 1. The minimum absolute atomic E-state index is 0.0413. The largest absolute Gasteiger partial charge is 0.508 e. The van der Waals surface area contributed by atoms with Crippen LogP contribution in [0.1, 0.15) is 22.5 Å². The van der Waals surface area contributed by atoms with Gasteiger partial charge in [-0.2, -0.15) is 13.2 Å². The summed E-state index contributed by atoms with van der Waals surface area (Å²) >= 11 is 0. The second-order valence-electron chi connectivity index (χ2n) is 10.3. The smallest absolute Gasteiger partial charge is 0.416 e. The molecule has 3 aromatic rings. The van der Waals surface area contributed by atoms with E-state index in [4.69, 9.17) is 0 Å².